The Morgan fingerprint density at radius 1 is 1.12 bits per heavy atom. The molecule has 1 aromatic carbocycles. The van der Waals surface area contributed by atoms with Crippen molar-refractivity contribution in [1.29, 1.82) is 0 Å². The van der Waals surface area contributed by atoms with Gasteiger partial charge in [0.25, 0.3) is 0 Å². The maximum atomic E-state index is 13.6. The second-order valence-electron chi connectivity index (χ2n) is 5.58. The summed E-state index contributed by atoms with van der Waals surface area (Å²) in [6, 6.07) is 12.7. The molecule has 0 aliphatic rings. The summed E-state index contributed by atoms with van der Waals surface area (Å²) >= 11 is 0. The van der Waals surface area contributed by atoms with Crippen molar-refractivity contribution in [1.82, 2.24) is 15.6 Å². The summed E-state index contributed by atoms with van der Waals surface area (Å²) in [4.78, 5) is 10.7. The zero-order chi connectivity index (χ0) is 17.4. The van der Waals surface area contributed by atoms with Gasteiger partial charge in [-0.3, -0.25) is 4.99 Å². The van der Waals surface area contributed by atoms with Gasteiger partial charge < -0.3 is 15.5 Å². The summed E-state index contributed by atoms with van der Waals surface area (Å²) in [7, 11) is 5.63. The number of halogens is 2. The summed E-state index contributed by atoms with van der Waals surface area (Å²) in [5.41, 5.74) is 1.62. The fraction of sp³-hybridized carbons (Fsp3) is 0.333. The fourth-order valence-electron chi connectivity index (χ4n) is 2.23. The van der Waals surface area contributed by atoms with Crippen molar-refractivity contribution < 1.29 is 4.39 Å². The molecule has 0 amide bonds. The first-order chi connectivity index (χ1) is 11.6. The molecule has 0 spiro atoms. The predicted octanol–water partition coefficient (Wildman–Crippen LogP) is 2.81. The van der Waals surface area contributed by atoms with Crippen LogP contribution in [0.15, 0.2) is 47.5 Å². The minimum atomic E-state index is -0.174. The quantitative estimate of drug-likeness (QED) is 0.398. The van der Waals surface area contributed by atoms with Crippen molar-refractivity contribution in [3.63, 3.8) is 0 Å². The third-order valence-corrected chi connectivity index (χ3v) is 3.56. The number of hydrogen-bond donors (Lipinski definition) is 2. The van der Waals surface area contributed by atoms with Crippen molar-refractivity contribution in [2.45, 2.75) is 13.0 Å². The molecule has 0 radical (unpaired) electrons. The fourth-order valence-corrected chi connectivity index (χ4v) is 2.23. The third-order valence-electron chi connectivity index (χ3n) is 3.56. The highest BCUT2D eigenvalue weighted by atomic mass is 127. The van der Waals surface area contributed by atoms with Crippen LogP contribution in [-0.4, -0.2) is 38.6 Å². The SMILES string of the molecule is CN=C(NCCc1ccccc1F)NCc1cccc(N(C)C)n1.I. The van der Waals surface area contributed by atoms with Crippen LogP contribution >= 0.6 is 24.0 Å². The average Bonchev–Trinajstić information content (AvgIpc) is 2.59. The number of anilines is 1. The lowest BCUT2D eigenvalue weighted by molar-refractivity contribution is 0.606. The van der Waals surface area contributed by atoms with E-state index in [1.807, 2.05) is 43.3 Å². The van der Waals surface area contributed by atoms with E-state index in [4.69, 9.17) is 0 Å². The number of aliphatic imine (C=N–C) groups is 1. The van der Waals surface area contributed by atoms with Crippen LogP contribution in [0.5, 0.6) is 0 Å². The van der Waals surface area contributed by atoms with E-state index in [2.05, 4.69) is 20.6 Å². The summed E-state index contributed by atoms with van der Waals surface area (Å²) in [5.74, 6) is 1.41. The van der Waals surface area contributed by atoms with Crippen molar-refractivity contribution in [2.75, 3.05) is 32.6 Å². The maximum absolute atomic E-state index is 13.6. The number of hydrogen-bond acceptors (Lipinski definition) is 3. The molecule has 2 rings (SSSR count). The first-order valence-electron chi connectivity index (χ1n) is 7.91. The smallest absolute Gasteiger partial charge is 0.191 e. The second-order valence-corrected chi connectivity index (χ2v) is 5.58. The number of nitrogens with one attached hydrogen (secondary N) is 2. The number of nitrogens with zero attached hydrogens (tertiary/aromatic N) is 3. The van der Waals surface area contributed by atoms with Crippen molar-refractivity contribution in [3.05, 3.63) is 59.5 Å². The van der Waals surface area contributed by atoms with Crippen LogP contribution in [0.3, 0.4) is 0 Å². The van der Waals surface area contributed by atoms with E-state index >= 15 is 0 Å². The highest BCUT2D eigenvalue weighted by Crippen LogP contribution is 2.08. The molecule has 0 atom stereocenters. The van der Waals surface area contributed by atoms with Crippen LogP contribution < -0.4 is 15.5 Å². The van der Waals surface area contributed by atoms with Crippen molar-refractivity contribution in [2.24, 2.45) is 4.99 Å². The molecule has 0 aliphatic carbocycles. The molecule has 5 nitrogen and oxygen atoms in total. The van der Waals surface area contributed by atoms with E-state index in [1.165, 1.54) is 6.07 Å². The first kappa shape index (κ1) is 21.1. The molecule has 7 heteroatoms. The van der Waals surface area contributed by atoms with Gasteiger partial charge >= 0.3 is 0 Å². The van der Waals surface area contributed by atoms with Gasteiger partial charge in [-0.25, -0.2) is 9.37 Å². The van der Waals surface area contributed by atoms with Crippen LogP contribution in [0.25, 0.3) is 0 Å². The van der Waals surface area contributed by atoms with E-state index in [0.29, 0.717) is 31.0 Å². The monoisotopic (exact) mass is 457 g/mol. The Morgan fingerprint density at radius 2 is 1.88 bits per heavy atom. The van der Waals surface area contributed by atoms with Gasteiger partial charge in [-0.15, -0.1) is 24.0 Å². The van der Waals surface area contributed by atoms with E-state index in [1.54, 1.807) is 19.2 Å². The molecule has 2 N–H and O–H groups in total. The molecule has 0 fully saturated rings. The second kappa shape index (κ2) is 10.9. The highest BCUT2D eigenvalue weighted by molar-refractivity contribution is 14.0. The van der Waals surface area contributed by atoms with Gasteiger partial charge in [-0.1, -0.05) is 24.3 Å². The van der Waals surface area contributed by atoms with Crippen LogP contribution in [0.4, 0.5) is 10.2 Å². The lowest BCUT2D eigenvalue weighted by atomic mass is 10.1. The van der Waals surface area contributed by atoms with E-state index in [0.717, 1.165) is 11.5 Å². The third kappa shape index (κ3) is 6.85. The zero-order valence-corrected chi connectivity index (χ0v) is 17.1. The summed E-state index contributed by atoms with van der Waals surface area (Å²) in [6.07, 6.45) is 0.599. The molecule has 1 heterocycles. The number of guanidine groups is 1. The van der Waals surface area contributed by atoms with Crippen LogP contribution in [0.1, 0.15) is 11.3 Å². The van der Waals surface area contributed by atoms with Gasteiger partial charge in [0.15, 0.2) is 5.96 Å². The van der Waals surface area contributed by atoms with Crippen LogP contribution in [0, 0.1) is 5.82 Å². The van der Waals surface area contributed by atoms with Crippen LogP contribution in [0.2, 0.25) is 0 Å². The predicted molar refractivity (Wildman–Crippen MR) is 112 cm³/mol. The molecule has 0 saturated carbocycles. The van der Waals surface area contributed by atoms with Gasteiger partial charge in [-0.05, 0) is 30.2 Å². The molecular formula is C18H25FIN5. The Kier molecular flexibility index (Phi) is 9.18. The normalized spacial score (nSPS) is 10.8. The number of benzene rings is 1. The van der Waals surface area contributed by atoms with Gasteiger partial charge in [0.2, 0.25) is 0 Å². The molecule has 136 valence electrons. The molecule has 0 aliphatic heterocycles. The molecule has 0 bridgehead atoms. The Balaban J connectivity index is 0.00000312. The summed E-state index contributed by atoms with van der Waals surface area (Å²) in [5, 5.41) is 6.40. The Hall–Kier alpha value is -1.90. The standard InChI is InChI=1S/C18H24FN5.HI/c1-20-18(21-12-11-14-7-4-5-9-16(14)19)22-13-15-8-6-10-17(23-15)24(2)3;/h4-10H,11-13H2,1-3H3,(H2,20,21,22);1H. The van der Waals surface area contributed by atoms with Crippen molar-refractivity contribution >= 4 is 35.8 Å². The summed E-state index contributed by atoms with van der Waals surface area (Å²) < 4.78 is 13.6. The first-order valence-corrected chi connectivity index (χ1v) is 7.91. The molecule has 2 aromatic rings. The zero-order valence-electron chi connectivity index (χ0n) is 14.8. The maximum Gasteiger partial charge on any atom is 0.191 e. The van der Waals surface area contributed by atoms with Gasteiger partial charge in [0.05, 0.1) is 12.2 Å². The van der Waals surface area contributed by atoms with Gasteiger partial charge in [0, 0.05) is 27.7 Å². The van der Waals surface area contributed by atoms with Gasteiger partial charge in [0.1, 0.15) is 11.6 Å². The van der Waals surface area contributed by atoms with E-state index in [-0.39, 0.29) is 29.8 Å². The number of pyridine rings is 1. The van der Waals surface area contributed by atoms with Crippen LogP contribution in [-0.2, 0) is 13.0 Å². The summed E-state index contributed by atoms with van der Waals surface area (Å²) in [6.45, 7) is 1.17. The highest BCUT2D eigenvalue weighted by Gasteiger charge is 2.03. The Bertz CT molecular complexity index is 691. The topological polar surface area (TPSA) is 52.6 Å². The molecular weight excluding hydrogens is 432 g/mol. The molecule has 1 aromatic heterocycles. The lowest BCUT2D eigenvalue weighted by Gasteiger charge is -2.14. The minimum absolute atomic E-state index is 0. The molecule has 0 saturated heterocycles. The van der Waals surface area contributed by atoms with E-state index in [9.17, 15) is 4.39 Å². The Morgan fingerprint density at radius 3 is 2.56 bits per heavy atom. The van der Waals surface area contributed by atoms with Crippen molar-refractivity contribution in [3.8, 4) is 0 Å². The molecule has 0 unspecified atom stereocenters. The largest absolute Gasteiger partial charge is 0.363 e. The van der Waals surface area contributed by atoms with E-state index < -0.39 is 0 Å². The van der Waals surface area contributed by atoms with Gasteiger partial charge in [-0.2, -0.15) is 0 Å². The number of rotatable bonds is 6. The lowest BCUT2D eigenvalue weighted by Crippen LogP contribution is -2.38. The Labute approximate surface area is 165 Å². The number of aromatic nitrogens is 1. The average molecular weight is 457 g/mol. The molecule has 25 heavy (non-hydrogen) atoms. The minimum Gasteiger partial charge on any atom is -0.363 e.